The van der Waals surface area contributed by atoms with E-state index in [4.69, 9.17) is 23.2 Å². The van der Waals surface area contributed by atoms with Crippen LogP contribution in [-0.2, 0) is 4.79 Å². The van der Waals surface area contributed by atoms with Gasteiger partial charge in [0.1, 0.15) is 0 Å². The van der Waals surface area contributed by atoms with Gasteiger partial charge >= 0.3 is 0 Å². The Morgan fingerprint density at radius 2 is 1.64 bits per heavy atom. The number of carbonyl (C=O) groups is 1. The molecular formula is C21H25Cl2NO. The fourth-order valence-corrected chi connectivity index (χ4v) is 6.47. The van der Waals surface area contributed by atoms with Crippen LogP contribution in [0.4, 0.5) is 0 Å². The van der Waals surface area contributed by atoms with Crippen LogP contribution in [0.5, 0.6) is 0 Å². The molecule has 4 saturated carbocycles. The molecule has 0 aromatic heterocycles. The molecule has 25 heavy (non-hydrogen) atoms. The van der Waals surface area contributed by atoms with E-state index in [1.807, 2.05) is 0 Å². The van der Waals surface area contributed by atoms with Gasteiger partial charge in [-0.05, 0) is 86.8 Å². The average Bonchev–Trinajstić information content (AvgIpc) is 2.53. The summed E-state index contributed by atoms with van der Waals surface area (Å²) in [6, 6.07) is 5.59. The van der Waals surface area contributed by atoms with Gasteiger partial charge in [-0.15, -0.1) is 0 Å². The van der Waals surface area contributed by atoms with E-state index >= 15 is 0 Å². The summed E-state index contributed by atoms with van der Waals surface area (Å²) in [6.07, 6.45) is 11.4. The number of carbonyl (C=O) groups excluding carboxylic acids is 1. The van der Waals surface area contributed by atoms with Crippen molar-refractivity contribution >= 4 is 35.2 Å². The molecule has 4 aliphatic carbocycles. The standard InChI is InChI=1S/C21H25Cl2NO/c1-13(21-10-14-7-15(11-21)9-16(8-14)12-21)24-20(25)6-5-17-18(22)3-2-4-19(17)23/h2-6,13-16H,7-12H2,1H3,(H,24,25). The minimum absolute atomic E-state index is 0.0563. The van der Waals surface area contributed by atoms with E-state index < -0.39 is 0 Å². The molecule has 1 aromatic rings. The van der Waals surface area contributed by atoms with Crippen LogP contribution < -0.4 is 5.32 Å². The van der Waals surface area contributed by atoms with Crippen molar-refractivity contribution in [2.24, 2.45) is 23.2 Å². The summed E-state index contributed by atoms with van der Waals surface area (Å²) in [7, 11) is 0. The van der Waals surface area contributed by atoms with Crippen LogP contribution >= 0.6 is 23.2 Å². The van der Waals surface area contributed by atoms with Gasteiger partial charge in [-0.1, -0.05) is 29.3 Å². The first-order valence-electron chi connectivity index (χ1n) is 9.38. The van der Waals surface area contributed by atoms with Crippen LogP contribution in [-0.4, -0.2) is 11.9 Å². The molecule has 1 N–H and O–H groups in total. The third-order valence-corrected chi connectivity index (χ3v) is 7.42. The van der Waals surface area contributed by atoms with Gasteiger partial charge < -0.3 is 5.32 Å². The van der Waals surface area contributed by atoms with Crippen molar-refractivity contribution in [1.29, 1.82) is 0 Å². The summed E-state index contributed by atoms with van der Waals surface area (Å²) in [5, 5.41) is 4.36. The topological polar surface area (TPSA) is 29.1 Å². The summed E-state index contributed by atoms with van der Waals surface area (Å²) >= 11 is 12.3. The first-order chi connectivity index (χ1) is 11.9. The number of hydrogen-bond donors (Lipinski definition) is 1. The molecule has 1 unspecified atom stereocenters. The second-order valence-corrected chi connectivity index (χ2v) is 9.29. The number of nitrogens with one attached hydrogen (secondary N) is 1. The van der Waals surface area contributed by atoms with E-state index in [1.165, 1.54) is 38.5 Å². The quantitative estimate of drug-likeness (QED) is 0.667. The Bertz CT molecular complexity index is 656. The maximum absolute atomic E-state index is 12.5. The number of amides is 1. The molecule has 0 radical (unpaired) electrons. The van der Waals surface area contributed by atoms with E-state index in [-0.39, 0.29) is 11.9 Å². The lowest BCUT2D eigenvalue weighted by atomic mass is 9.48. The smallest absolute Gasteiger partial charge is 0.244 e. The Kier molecular flexibility index (Phi) is 4.62. The Hall–Kier alpha value is -0.990. The average molecular weight is 378 g/mol. The van der Waals surface area contributed by atoms with Crippen molar-refractivity contribution in [3.05, 3.63) is 39.9 Å². The summed E-state index contributed by atoms with van der Waals surface area (Å²) in [5.41, 5.74) is 1.02. The van der Waals surface area contributed by atoms with Crippen LogP contribution in [0.3, 0.4) is 0 Å². The van der Waals surface area contributed by atoms with E-state index in [1.54, 1.807) is 30.4 Å². The zero-order valence-electron chi connectivity index (χ0n) is 14.6. The monoisotopic (exact) mass is 377 g/mol. The molecule has 2 nitrogen and oxygen atoms in total. The molecule has 1 atom stereocenters. The largest absolute Gasteiger partial charge is 0.350 e. The van der Waals surface area contributed by atoms with Crippen molar-refractivity contribution < 1.29 is 4.79 Å². The Balaban J connectivity index is 1.43. The highest BCUT2D eigenvalue weighted by molar-refractivity contribution is 6.37. The van der Waals surface area contributed by atoms with E-state index in [2.05, 4.69) is 12.2 Å². The lowest BCUT2D eigenvalue weighted by Gasteiger charge is -2.59. The molecule has 5 rings (SSSR count). The fourth-order valence-electron chi connectivity index (χ4n) is 5.95. The number of halogens is 2. The van der Waals surface area contributed by atoms with Crippen molar-refractivity contribution in [3.8, 4) is 0 Å². The molecule has 4 aliphatic rings. The molecule has 1 amide bonds. The molecular weight excluding hydrogens is 353 g/mol. The molecule has 0 spiro atoms. The van der Waals surface area contributed by atoms with Crippen molar-refractivity contribution in [1.82, 2.24) is 5.32 Å². The lowest BCUT2D eigenvalue weighted by Crippen LogP contribution is -2.55. The highest BCUT2D eigenvalue weighted by Crippen LogP contribution is 2.61. The van der Waals surface area contributed by atoms with Crippen LogP contribution in [0.15, 0.2) is 24.3 Å². The van der Waals surface area contributed by atoms with Gasteiger partial charge in [-0.3, -0.25) is 4.79 Å². The van der Waals surface area contributed by atoms with Crippen LogP contribution in [0, 0.1) is 23.2 Å². The normalized spacial score (nSPS) is 34.4. The van der Waals surface area contributed by atoms with E-state index in [0.717, 1.165) is 17.8 Å². The maximum Gasteiger partial charge on any atom is 0.244 e. The predicted octanol–water partition coefficient (Wildman–Crippen LogP) is 5.73. The minimum Gasteiger partial charge on any atom is -0.350 e. The van der Waals surface area contributed by atoms with E-state index in [9.17, 15) is 4.79 Å². The number of rotatable bonds is 4. The molecule has 4 bridgehead atoms. The summed E-state index contributed by atoms with van der Waals surface area (Å²) in [4.78, 5) is 12.5. The Morgan fingerprint density at radius 3 is 2.16 bits per heavy atom. The summed E-state index contributed by atoms with van der Waals surface area (Å²) in [5.74, 6) is 2.62. The highest BCUT2D eigenvalue weighted by atomic mass is 35.5. The van der Waals surface area contributed by atoms with Gasteiger partial charge in [0.05, 0.1) is 0 Å². The molecule has 4 fully saturated rings. The third kappa shape index (κ3) is 3.36. The van der Waals surface area contributed by atoms with Gasteiger partial charge in [0.15, 0.2) is 0 Å². The molecule has 1 aromatic carbocycles. The van der Waals surface area contributed by atoms with Crippen molar-refractivity contribution in [2.75, 3.05) is 0 Å². The van der Waals surface area contributed by atoms with Crippen LogP contribution in [0.2, 0.25) is 10.0 Å². The summed E-state index contributed by atoms with van der Waals surface area (Å²) < 4.78 is 0. The lowest BCUT2D eigenvalue weighted by molar-refractivity contribution is -0.121. The molecule has 134 valence electrons. The van der Waals surface area contributed by atoms with Gasteiger partial charge in [0.2, 0.25) is 5.91 Å². The van der Waals surface area contributed by atoms with Gasteiger partial charge in [-0.25, -0.2) is 0 Å². The first kappa shape index (κ1) is 17.4. The predicted molar refractivity (Wildman–Crippen MR) is 104 cm³/mol. The minimum atomic E-state index is -0.0563. The van der Waals surface area contributed by atoms with Crippen molar-refractivity contribution in [2.45, 2.75) is 51.5 Å². The molecule has 0 saturated heterocycles. The van der Waals surface area contributed by atoms with Gasteiger partial charge in [0.25, 0.3) is 0 Å². The van der Waals surface area contributed by atoms with Gasteiger partial charge in [-0.2, -0.15) is 0 Å². The third-order valence-electron chi connectivity index (χ3n) is 6.76. The molecule has 4 heteroatoms. The van der Waals surface area contributed by atoms with Gasteiger partial charge in [0, 0.05) is 27.7 Å². The molecule has 0 heterocycles. The SMILES string of the molecule is CC(NC(=O)C=Cc1c(Cl)cccc1Cl)C12CC3CC(CC(C3)C1)C2. The maximum atomic E-state index is 12.5. The zero-order valence-corrected chi connectivity index (χ0v) is 16.1. The number of benzene rings is 1. The fraction of sp³-hybridized carbons (Fsp3) is 0.571. The Labute approximate surface area is 160 Å². The van der Waals surface area contributed by atoms with Crippen LogP contribution in [0.25, 0.3) is 6.08 Å². The Morgan fingerprint density at radius 1 is 1.12 bits per heavy atom. The second-order valence-electron chi connectivity index (χ2n) is 8.48. The first-order valence-corrected chi connectivity index (χ1v) is 10.1. The van der Waals surface area contributed by atoms with Crippen LogP contribution in [0.1, 0.15) is 51.0 Å². The van der Waals surface area contributed by atoms with E-state index in [0.29, 0.717) is 21.0 Å². The zero-order chi connectivity index (χ0) is 17.6. The molecule has 0 aliphatic heterocycles. The van der Waals surface area contributed by atoms with Crippen molar-refractivity contribution in [3.63, 3.8) is 0 Å². The number of hydrogen-bond acceptors (Lipinski definition) is 1. The summed E-state index contributed by atoms with van der Waals surface area (Å²) in [6.45, 7) is 2.20. The highest BCUT2D eigenvalue weighted by Gasteiger charge is 2.53. The second kappa shape index (κ2) is 6.63.